The van der Waals surface area contributed by atoms with Gasteiger partial charge in [-0.05, 0) is 89.9 Å². The Kier molecular flexibility index (Phi) is 44.5. The smallest absolute Gasteiger partial charge is 0.306 e. The van der Waals surface area contributed by atoms with Gasteiger partial charge in [-0.15, -0.1) is 0 Å². The predicted molar refractivity (Wildman–Crippen MR) is 268 cm³/mol. The molecule has 9 heteroatoms. The molecular formula is C54H96NO7P. The number of rotatable bonds is 46. The molecule has 0 rings (SSSR count). The van der Waals surface area contributed by atoms with E-state index in [1.165, 1.54) is 83.5 Å². The summed E-state index contributed by atoms with van der Waals surface area (Å²) in [6, 6.07) is 0. The molecule has 0 saturated carbocycles. The van der Waals surface area contributed by atoms with Crippen LogP contribution in [0.5, 0.6) is 0 Å². The Bertz CT molecular complexity index is 1280. The number of ether oxygens (including phenoxy) is 2. The second-order valence-corrected chi connectivity index (χ2v) is 19.2. The Morgan fingerprint density at radius 1 is 0.508 bits per heavy atom. The van der Waals surface area contributed by atoms with Gasteiger partial charge in [0.25, 0.3) is 7.82 Å². The average molecular weight is 902 g/mol. The van der Waals surface area contributed by atoms with Gasteiger partial charge in [-0.2, -0.15) is 0 Å². The van der Waals surface area contributed by atoms with Crippen molar-refractivity contribution in [2.75, 3.05) is 54.1 Å². The maximum absolute atomic E-state index is 12.7. The molecule has 0 amide bonds. The first-order valence-electron chi connectivity index (χ1n) is 25.3. The van der Waals surface area contributed by atoms with Crippen LogP contribution < -0.4 is 4.89 Å². The van der Waals surface area contributed by atoms with Gasteiger partial charge in [-0.3, -0.25) is 9.36 Å². The number of carbonyl (C=O) groups is 1. The Morgan fingerprint density at radius 2 is 0.921 bits per heavy atom. The predicted octanol–water partition coefficient (Wildman–Crippen LogP) is 15.0. The fourth-order valence-corrected chi connectivity index (χ4v) is 7.27. The van der Waals surface area contributed by atoms with Crippen LogP contribution in [0.1, 0.15) is 194 Å². The summed E-state index contributed by atoms with van der Waals surface area (Å²) in [7, 11) is 1.33. The van der Waals surface area contributed by atoms with Crippen LogP contribution in [-0.4, -0.2) is 70.7 Å². The number of carbonyl (C=O) groups excluding carboxylic acids is 1. The molecule has 0 fully saturated rings. The lowest BCUT2D eigenvalue weighted by Crippen LogP contribution is -2.37. The summed E-state index contributed by atoms with van der Waals surface area (Å²) in [5.41, 5.74) is 0. The molecule has 0 saturated heterocycles. The van der Waals surface area contributed by atoms with Crippen molar-refractivity contribution in [3.05, 3.63) is 85.1 Å². The number of likely N-dealkylation sites (N-methyl/N-ethyl adjacent to an activating group) is 1. The zero-order chi connectivity index (χ0) is 46.2. The molecule has 0 aromatic rings. The number of quaternary nitrogens is 1. The highest BCUT2D eigenvalue weighted by Crippen LogP contribution is 2.38. The lowest BCUT2D eigenvalue weighted by Gasteiger charge is -2.28. The van der Waals surface area contributed by atoms with Crippen molar-refractivity contribution in [1.82, 2.24) is 0 Å². The summed E-state index contributed by atoms with van der Waals surface area (Å²) < 4.78 is 34.7. The molecule has 0 aliphatic rings. The van der Waals surface area contributed by atoms with E-state index in [0.29, 0.717) is 24.1 Å². The van der Waals surface area contributed by atoms with Gasteiger partial charge in [0.15, 0.2) is 0 Å². The fraction of sp³-hybridized carbons (Fsp3) is 0.722. The van der Waals surface area contributed by atoms with Crippen molar-refractivity contribution < 1.29 is 37.3 Å². The molecule has 63 heavy (non-hydrogen) atoms. The molecule has 0 aliphatic carbocycles. The van der Waals surface area contributed by atoms with Crippen LogP contribution in [0.25, 0.3) is 0 Å². The third-order valence-corrected chi connectivity index (χ3v) is 11.4. The summed E-state index contributed by atoms with van der Waals surface area (Å²) in [6.07, 6.45) is 61.8. The van der Waals surface area contributed by atoms with Crippen molar-refractivity contribution in [1.29, 1.82) is 0 Å². The molecule has 0 N–H and O–H groups in total. The number of esters is 1. The highest BCUT2D eigenvalue weighted by atomic mass is 31.2. The van der Waals surface area contributed by atoms with E-state index in [-0.39, 0.29) is 25.8 Å². The van der Waals surface area contributed by atoms with Gasteiger partial charge in [-0.1, -0.05) is 182 Å². The fourth-order valence-electron chi connectivity index (χ4n) is 6.54. The van der Waals surface area contributed by atoms with Crippen molar-refractivity contribution in [3.63, 3.8) is 0 Å². The normalized spacial score (nSPS) is 14.3. The second kappa shape index (κ2) is 46.2. The second-order valence-electron chi connectivity index (χ2n) is 17.8. The van der Waals surface area contributed by atoms with E-state index in [4.69, 9.17) is 18.5 Å². The number of hydrogen-bond donors (Lipinski definition) is 0. The number of nitrogens with zero attached hydrogens (tertiary/aromatic N) is 1. The molecule has 0 aliphatic heterocycles. The van der Waals surface area contributed by atoms with E-state index < -0.39 is 13.9 Å². The van der Waals surface area contributed by atoms with Gasteiger partial charge < -0.3 is 27.9 Å². The number of unbranched alkanes of at least 4 members (excludes halogenated alkanes) is 18. The van der Waals surface area contributed by atoms with Gasteiger partial charge >= 0.3 is 5.97 Å². The van der Waals surface area contributed by atoms with E-state index in [1.54, 1.807) is 0 Å². The summed E-state index contributed by atoms with van der Waals surface area (Å²) >= 11 is 0. The molecule has 0 aromatic carbocycles. The van der Waals surface area contributed by atoms with E-state index in [9.17, 15) is 14.3 Å². The van der Waals surface area contributed by atoms with Crippen LogP contribution in [0.3, 0.4) is 0 Å². The average Bonchev–Trinajstić information content (AvgIpc) is 3.24. The van der Waals surface area contributed by atoms with E-state index >= 15 is 0 Å². The molecule has 0 bridgehead atoms. The van der Waals surface area contributed by atoms with Crippen LogP contribution in [0.15, 0.2) is 85.1 Å². The Labute approximate surface area is 388 Å². The minimum atomic E-state index is -4.54. The van der Waals surface area contributed by atoms with Crippen molar-refractivity contribution in [2.45, 2.75) is 200 Å². The summed E-state index contributed by atoms with van der Waals surface area (Å²) in [5.74, 6) is -0.352. The van der Waals surface area contributed by atoms with E-state index in [0.717, 1.165) is 89.9 Å². The summed E-state index contributed by atoms with van der Waals surface area (Å²) in [5, 5.41) is 0. The van der Waals surface area contributed by atoms with E-state index in [1.807, 2.05) is 21.1 Å². The van der Waals surface area contributed by atoms with Crippen LogP contribution in [-0.2, 0) is 27.9 Å². The number of phosphoric ester groups is 1. The highest BCUT2D eigenvalue weighted by Gasteiger charge is 2.20. The molecule has 2 unspecified atom stereocenters. The third-order valence-electron chi connectivity index (χ3n) is 10.4. The summed E-state index contributed by atoms with van der Waals surface area (Å²) in [6.45, 7) is 5.23. The standard InChI is InChI=1S/C54H96NO7P/c1-6-8-10-12-14-16-18-20-22-23-24-25-26-27-28-29-30-31-32-34-36-38-40-42-44-46-49-59-51-53(52-61-63(57,58)60-50-48-55(3,4)5)62-54(56)47-45-43-41-39-37-35-33-21-19-17-15-13-11-9-7-2/h8,10,14-17,20-22,24-25,27-28,33,53H,6-7,9,11-13,18-19,23,26,29-32,34-52H2,1-5H3/b10-8-,16-14-,17-15-,22-20-,25-24-,28-27-,33-21-. The maximum atomic E-state index is 12.7. The van der Waals surface area contributed by atoms with Crippen molar-refractivity contribution in [2.24, 2.45) is 0 Å². The Balaban J connectivity index is 4.15. The molecule has 0 heterocycles. The first-order chi connectivity index (χ1) is 30.6. The molecule has 0 aromatic heterocycles. The SMILES string of the molecule is CC/C=C\C/C=C\C/C=C\C/C=C\C/C=C\CCCCCCCCCCCCOCC(COP(=O)([O-])OCC[N+](C)(C)C)OC(=O)CCCCCCC/C=C\C/C=C\CCCCC. The monoisotopic (exact) mass is 902 g/mol. The molecule has 8 nitrogen and oxygen atoms in total. The molecule has 2 atom stereocenters. The molecule has 0 radical (unpaired) electrons. The van der Waals surface area contributed by atoms with Gasteiger partial charge in [0.05, 0.1) is 34.4 Å². The number of allylic oxidation sites excluding steroid dienone is 14. The van der Waals surface area contributed by atoms with Gasteiger partial charge in [0.2, 0.25) is 0 Å². The zero-order valence-corrected chi connectivity index (χ0v) is 42.1. The third kappa shape index (κ3) is 50.5. The van der Waals surface area contributed by atoms with Crippen LogP contribution in [0.2, 0.25) is 0 Å². The molecule has 0 spiro atoms. The van der Waals surface area contributed by atoms with Crippen molar-refractivity contribution >= 4 is 13.8 Å². The van der Waals surface area contributed by atoms with E-state index in [2.05, 4.69) is 98.9 Å². The lowest BCUT2D eigenvalue weighted by molar-refractivity contribution is -0.870. The highest BCUT2D eigenvalue weighted by molar-refractivity contribution is 7.45. The minimum Gasteiger partial charge on any atom is -0.756 e. The quantitative estimate of drug-likeness (QED) is 0.0197. The molecular weight excluding hydrogens is 806 g/mol. The Hall–Kier alpha value is -2.32. The Morgan fingerprint density at radius 3 is 1.38 bits per heavy atom. The minimum absolute atomic E-state index is 0.0183. The van der Waals surface area contributed by atoms with Gasteiger partial charge in [-0.25, -0.2) is 0 Å². The van der Waals surface area contributed by atoms with Gasteiger partial charge in [0.1, 0.15) is 19.3 Å². The van der Waals surface area contributed by atoms with Crippen molar-refractivity contribution in [3.8, 4) is 0 Å². The largest absolute Gasteiger partial charge is 0.756 e. The first kappa shape index (κ1) is 60.7. The number of phosphoric acid groups is 1. The number of hydrogen-bond acceptors (Lipinski definition) is 7. The van der Waals surface area contributed by atoms with Gasteiger partial charge in [0, 0.05) is 13.0 Å². The maximum Gasteiger partial charge on any atom is 0.306 e. The zero-order valence-electron chi connectivity index (χ0n) is 41.2. The summed E-state index contributed by atoms with van der Waals surface area (Å²) in [4.78, 5) is 25.1. The van der Waals surface area contributed by atoms with Crippen LogP contribution >= 0.6 is 7.82 Å². The van der Waals surface area contributed by atoms with Crippen LogP contribution in [0, 0.1) is 0 Å². The molecule has 364 valence electrons. The lowest BCUT2D eigenvalue weighted by atomic mass is 10.1. The van der Waals surface area contributed by atoms with Crippen LogP contribution in [0.4, 0.5) is 0 Å². The topological polar surface area (TPSA) is 94.1 Å². The first-order valence-corrected chi connectivity index (χ1v) is 26.8.